The zero-order valence-corrected chi connectivity index (χ0v) is 33.4. The van der Waals surface area contributed by atoms with Gasteiger partial charge in [0.05, 0.1) is 17.1 Å². The second kappa shape index (κ2) is 17.2. The van der Waals surface area contributed by atoms with Gasteiger partial charge < -0.3 is 16.0 Å². The maximum Gasteiger partial charge on any atom is 0.492 e. The van der Waals surface area contributed by atoms with Crippen LogP contribution < -0.4 is 16.0 Å². The Hall–Kier alpha value is -7.35. The van der Waals surface area contributed by atoms with Gasteiger partial charge in [-0.25, -0.2) is 14.0 Å². The van der Waals surface area contributed by atoms with Crippen molar-refractivity contribution in [3.63, 3.8) is 0 Å². The van der Waals surface area contributed by atoms with Gasteiger partial charge in [0.1, 0.15) is 9.85 Å². The summed E-state index contributed by atoms with van der Waals surface area (Å²) in [5.74, 6) is 1.37. The number of aryl methyl sites for hydroxylation is 6. The number of nitrogens with two attached hydrogens (primary N) is 1. The van der Waals surface area contributed by atoms with E-state index in [4.69, 9.17) is 5.73 Å². The second-order valence-electron chi connectivity index (χ2n) is 13.4. The van der Waals surface area contributed by atoms with Crippen LogP contribution >= 0.6 is 0 Å². The summed E-state index contributed by atoms with van der Waals surface area (Å²) in [4.78, 5) is 21.2. The van der Waals surface area contributed by atoms with E-state index in [-0.39, 0.29) is 23.4 Å². The molecular weight excluding hydrogens is 758 g/mol. The Morgan fingerprint density at radius 3 is 1.24 bits per heavy atom. The molecule has 27 heteroatoms. The van der Waals surface area contributed by atoms with E-state index >= 15 is 0 Å². The molecular formula is C31H43N23O4. The third kappa shape index (κ3) is 9.02. The maximum absolute atomic E-state index is 10.9. The molecule has 7 heterocycles. The Bertz CT molecular complexity index is 2300. The quantitative estimate of drug-likeness (QED) is 0.106. The van der Waals surface area contributed by atoms with Crippen molar-refractivity contribution in [2.45, 2.75) is 92.8 Å². The molecule has 1 aliphatic rings. The predicted molar refractivity (Wildman–Crippen MR) is 203 cm³/mol. The fourth-order valence-corrected chi connectivity index (χ4v) is 5.86. The molecule has 58 heavy (non-hydrogen) atoms. The van der Waals surface area contributed by atoms with E-state index in [1.165, 1.54) is 9.58 Å². The van der Waals surface area contributed by atoms with Crippen LogP contribution in [0.1, 0.15) is 74.2 Å². The van der Waals surface area contributed by atoms with Crippen LogP contribution in [-0.2, 0) is 0 Å². The fraction of sp³-hybridized carbons (Fsp3) is 0.516. The summed E-state index contributed by atoms with van der Waals surface area (Å²) >= 11 is 0. The summed E-state index contributed by atoms with van der Waals surface area (Å²) in [6.07, 6.45) is 3.01. The third-order valence-corrected chi connectivity index (χ3v) is 9.27. The molecule has 27 nitrogen and oxygen atoms in total. The lowest BCUT2D eigenvalue weighted by atomic mass is 9.90. The standard InChI is InChI=1S/C14H23N7.C10H11N9O4.C7H9N7/c1-6-14(7-2,8-3)15-12-16-18-13(19-17-12)21-11(5)9-10(4)20-21;1-6-3-7(2)17(15-6)9-13-11-8(12-14-9)16-4-10(5-16,18(20)21)19(22)23;1-4-3-5(2)14(13-4)7-11-9-6(8)10-12-7/h9H,6-8H2,1-5H3,(H,15,16,17);3H,4-5H2,1-2H3;3H,1-2H3,(H2,8,9,10). The van der Waals surface area contributed by atoms with Crippen molar-refractivity contribution in [2.24, 2.45) is 0 Å². The first-order chi connectivity index (χ1) is 27.5. The molecule has 306 valence electrons. The minimum atomic E-state index is -2.22. The van der Waals surface area contributed by atoms with Crippen LogP contribution in [0.25, 0.3) is 17.8 Å². The van der Waals surface area contributed by atoms with E-state index in [0.29, 0.717) is 17.8 Å². The maximum atomic E-state index is 10.9. The number of aromatic nitrogens is 18. The first-order valence-electron chi connectivity index (χ1n) is 17.9. The summed E-state index contributed by atoms with van der Waals surface area (Å²) in [6, 6.07) is 5.71. The lowest BCUT2D eigenvalue weighted by Gasteiger charge is -2.35. The second-order valence-corrected chi connectivity index (χ2v) is 13.4. The van der Waals surface area contributed by atoms with Gasteiger partial charge in [-0.2, -0.15) is 15.3 Å². The molecule has 0 atom stereocenters. The van der Waals surface area contributed by atoms with Gasteiger partial charge in [-0.3, -0.25) is 20.2 Å². The van der Waals surface area contributed by atoms with Crippen molar-refractivity contribution in [3.05, 3.63) is 72.6 Å². The smallest absolute Gasteiger partial charge is 0.365 e. The fourth-order valence-electron chi connectivity index (χ4n) is 5.86. The summed E-state index contributed by atoms with van der Waals surface area (Å²) in [6.45, 7) is 16.9. The molecule has 6 aromatic rings. The van der Waals surface area contributed by atoms with Gasteiger partial charge in [0.25, 0.3) is 35.7 Å². The van der Waals surface area contributed by atoms with Gasteiger partial charge in [0, 0.05) is 22.6 Å². The highest BCUT2D eigenvalue weighted by atomic mass is 16.7. The summed E-state index contributed by atoms with van der Waals surface area (Å²) in [5.41, 5.74) is 8.32. The number of anilines is 3. The van der Waals surface area contributed by atoms with Crippen molar-refractivity contribution in [3.8, 4) is 17.8 Å². The normalized spacial score (nSPS) is 13.1. The number of nitro groups is 2. The van der Waals surface area contributed by atoms with Crippen LogP contribution in [-0.4, -0.2) is 125 Å². The van der Waals surface area contributed by atoms with Crippen molar-refractivity contribution in [2.75, 3.05) is 29.0 Å². The van der Waals surface area contributed by atoms with E-state index < -0.39 is 28.6 Å². The van der Waals surface area contributed by atoms with Crippen LogP contribution in [0.5, 0.6) is 0 Å². The molecule has 7 rings (SSSR count). The highest BCUT2D eigenvalue weighted by molar-refractivity contribution is 5.34. The average molecular weight is 802 g/mol. The molecule has 0 radical (unpaired) electrons. The number of nitrogen functional groups attached to an aromatic ring is 1. The molecule has 0 spiro atoms. The lowest BCUT2D eigenvalue weighted by molar-refractivity contribution is -0.799. The van der Waals surface area contributed by atoms with Crippen LogP contribution in [0.2, 0.25) is 0 Å². The summed E-state index contributed by atoms with van der Waals surface area (Å²) in [7, 11) is 0. The van der Waals surface area contributed by atoms with Gasteiger partial charge in [0.15, 0.2) is 13.1 Å². The van der Waals surface area contributed by atoms with Gasteiger partial charge in [-0.05, 0) is 79.0 Å². The van der Waals surface area contributed by atoms with Crippen LogP contribution in [0.4, 0.5) is 17.8 Å². The zero-order valence-electron chi connectivity index (χ0n) is 33.4. The van der Waals surface area contributed by atoms with Crippen molar-refractivity contribution < 1.29 is 9.85 Å². The molecule has 0 unspecified atom stereocenters. The molecule has 6 aromatic heterocycles. The molecule has 0 amide bonds. The monoisotopic (exact) mass is 801 g/mol. The Kier molecular flexibility index (Phi) is 12.4. The number of hydrogen-bond donors (Lipinski definition) is 2. The number of rotatable bonds is 11. The topological polar surface area (TPSA) is 336 Å². The number of hydrogen-bond acceptors (Lipinski definition) is 22. The summed E-state index contributed by atoms with van der Waals surface area (Å²) < 4.78 is 4.66. The van der Waals surface area contributed by atoms with Gasteiger partial charge >= 0.3 is 5.66 Å². The summed E-state index contributed by atoms with van der Waals surface area (Å²) in [5, 5.41) is 84.4. The lowest BCUT2D eigenvalue weighted by Crippen LogP contribution is -2.70. The molecule has 1 aliphatic heterocycles. The SMILES string of the molecule is CCC(CC)(CC)Nc1nnc(-n2nc(C)cc2C)nn1.Cc1cc(C)n(-c2nnc(N)nn2)n1.Cc1cc(C)n(-c2nnc(N3CC([N+](=O)[O-])([N+](=O)[O-])C3)nn2)n1. The molecule has 0 aromatic carbocycles. The van der Waals surface area contributed by atoms with E-state index in [1.54, 1.807) is 9.36 Å². The van der Waals surface area contributed by atoms with Crippen molar-refractivity contribution in [1.82, 2.24) is 90.5 Å². The molecule has 3 N–H and O–H groups in total. The molecule has 1 saturated heterocycles. The van der Waals surface area contributed by atoms with E-state index in [1.807, 2.05) is 59.7 Å². The minimum absolute atomic E-state index is 0.00306. The van der Waals surface area contributed by atoms with E-state index in [2.05, 4.69) is 103 Å². The van der Waals surface area contributed by atoms with Gasteiger partial charge in [0.2, 0.25) is 0 Å². The van der Waals surface area contributed by atoms with Crippen LogP contribution in [0.15, 0.2) is 18.2 Å². The Labute approximate surface area is 330 Å². The molecule has 0 aliphatic carbocycles. The van der Waals surface area contributed by atoms with E-state index in [0.717, 1.165) is 53.4 Å². The third-order valence-electron chi connectivity index (χ3n) is 9.27. The Morgan fingerprint density at radius 2 is 0.931 bits per heavy atom. The predicted octanol–water partition coefficient (Wildman–Crippen LogP) is 1.24. The molecule has 0 saturated carbocycles. The Morgan fingerprint density at radius 1 is 0.603 bits per heavy atom. The zero-order chi connectivity index (χ0) is 42.4. The van der Waals surface area contributed by atoms with E-state index in [9.17, 15) is 20.2 Å². The average Bonchev–Trinajstić information content (AvgIpc) is 3.83. The van der Waals surface area contributed by atoms with Crippen LogP contribution in [0.3, 0.4) is 0 Å². The van der Waals surface area contributed by atoms with Crippen LogP contribution in [0, 0.1) is 61.8 Å². The van der Waals surface area contributed by atoms with Gasteiger partial charge in [-0.15, -0.1) is 61.2 Å². The van der Waals surface area contributed by atoms with Crippen molar-refractivity contribution >= 4 is 17.8 Å². The first kappa shape index (κ1) is 41.8. The number of nitrogens with zero attached hydrogens (tertiary/aromatic N) is 21. The molecule has 0 bridgehead atoms. The molecule has 1 fully saturated rings. The largest absolute Gasteiger partial charge is 0.492 e. The first-order valence-corrected chi connectivity index (χ1v) is 17.9. The highest BCUT2D eigenvalue weighted by Crippen LogP contribution is 2.28. The minimum Gasteiger partial charge on any atom is -0.365 e. The number of nitrogens with one attached hydrogen (secondary N) is 1. The van der Waals surface area contributed by atoms with Gasteiger partial charge in [-0.1, -0.05) is 20.8 Å². The Balaban J connectivity index is 0.000000170. The highest BCUT2D eigenvalue weighted by Gasteiger charge is 2.67. The van der Waals surface area contributed by atoms with Crippen molar-refractivity contribution in [1.29, 1.82) is 0 Å².